The molecule has 0 radical (unpaired) electrons. The van der Waals surface area contributed by atoms with Crippen LogP contribution in [-0.4, -0.2) is 57.4 Å². The Kier molecular flexibility index (Phi) is 3.88. The number of rotatable bonds is 4. The van der Waals surface area contributed by atoms with Gasteiger partial charge in [0.25, 0.3) is 0 Å². The summed E-state index contributed by atoms with van der Waals surface area (Å²) in [7, 11) is 0. The lowest BCUT2D eigenvalue weighted by Gasteiger charge is -2.33. The standard InChI is InChI=1S/C14H21N5O3/c1-7(2)9(5-20)17-12-11-13(16-6-15-12)19-4-8(21)3-10(19)14(22)18-11/h6-10,20-21H,3-5H2,1-2H3,(H,18,22)(H,15,16,17)/t8-,9?,10?/m1/s1. The highest BCUT2D eigenvalue weighted by molar-refractivity contribution is 6.05. The number of hydrogen-bond acceptors (Lipinski definition) is 7. The van der Waals surface area contributed by atoms with Crippen LogP contribution in [0.25, 0.3) is 0 Å². The molecule has 8 heteroatoms. The summed E-state index contributed by atoms with van der Waals surface area (Å²) in [4.78, 5) is 22.5. The number of fused-ring (bicyclic) bond motifs is 3. The van der Waals surface area contributed by atoms with Crippen molar-refractivity contribution >= 4 is 23.2 Å². The van der Waals surface area contributed by atoms with Gasteiger partial charge in [0.05, 0.1) is 18.8 Å². The van der Waals surface area contributed by atoms with E-state index in [1.165, 1.54) is 6.33 Å². The highest BCUT2D eigenvalue weighted by atomic mass is 16.3. The Morgan fingerprint density at radius 2 is 2.27 bits per heavy atom. The molecule has 0 aliphatic carbocycles. The van der Waals surface area contributed by atoms with Gasteiger partial charge in [0.15, 0.2) is 11.6 Å². The predicted molar refractivity (Wildman–Crippen MR) is 81.8 cm³/mol. The Hall–Kier alpha value is -1.93. The zero-order valence-electron chi connectivity index (χ0n) is 12.7. The van der Waals surface area contributed by atoms with Crippen molar-refractivity contribution in [2.75, 3.05) is 28.7 Å². The summed E-state index contributed by atoms with van der Waals surface area (Å²) in [5, 5.41) is 25.3. The molecule has 0 aromatic carbocycles. The third-order valence-corrected chi connectivity index (χ3v) is 4.25. The lowest BCUT2D eigenvalue weighted by Crippen LogP contribution is -2.45. The van der Waals surface area contributed by atoms with E-state index in [9.17, 15) is 15.0 Å². The average molecular weight is 307 g/mol. The summed E-state index contributed by atoms with van der Waals surface area (Å²) >= 11 is 0. The molecule has 3 rings (SSSR count). The molecule has 0 spiro atoms. The van der Waals surface area contributed by atoms with Crippen LogP contribution < -0.4 is 15.5 Å². The highest BCUT2D eigenvalue weighted by Crippen LogP contribution is 2.38. The van der Waals surface area contributed by atoms with Gasteiger partial charge in [-0.1, -0.05) is 13.8 Å². The van der Waals surface area contributed by atoms with Crippen LogP contribution in [0.4, 0.5) is 17.3 Å². The number of hydrogen-bond donors (Lipinski definition) is 4. The van der Waals surface area contributed by atoms with Crippen LogP contribution in [0, 0.1) is 5.92 Å². The smallest absolute Gasteiger partial charge is 0.247 e. The van der Waals surface area contributed by atoms with Crippen molar-refractivity contribution in [3.05, 3.63) is 6.33 Å². The van der Waals surface area contributed by atoms with Crippen LogP contribution in [0.3, 0.4) is 0 Å². The lowest BCUT2D eigenvalue weighted by molar-refractivity contribution is -0.117. The molecule has 4 N–H and O–H groups in total. The molecule has 1 aromatic heterocycles. The summed E-state index contributed by atoms with van der Waals surface area (Å²) in [6.07, 6.45) is 1.30. The first kappa shape index (κ1) is 15.0. The minimum absolute atomic E-state index is 0.0323. The molecule has 22 heavy (non-hydrogen) atoms. The van der Waals surface area contributed by atoms with Crippen molar-refractivity contribution in [2.45, 2.75) is 38.5 Å². The van der Waals surface area contributed by atoms with Gasteiger partial charge in [-0.3, -0.25) is 4.79 Å². The van der Waals surface area contributed by atoms with Crippen molar-refractivity contribution < 1.29 is 15.0 Å². The fraction of sp³-hybridized carbons (Fsp3) is 0.643. The molecule has 2 unspecified atom stereocenters. The molecule has 3 atom stereocenters. The summed E-state index contributed by atoms with van der Waals surface area (Å²) in [5.74, 6) is 1.15. The van der Waals surface area contributed by atoms with E-state index in [1.807, 2.05) is 18.7 Å². The summed E-state index contributed by atoms with van der Waals surface area (Å²) in [6, 6.07) is -0.554. The molecule has 1 saturated heterocycles. The van der Waals surface area contributed by atoms with E-state index in [1.54, 1.807) is 0 Å². The van der Waals surface area contributed by atoms with Gasteiger partial charge in [0.2, 0.25) is 5.91 Å². The van der Waals surface area contributed by atoms with Gasteiger partial charge in [-0.25, -0.2) is 9.97 Å². The lowest BCUT2D eigenvalue weighted by atomic mass is 10.1. The first-order valence-corrected chi connectivity index (χ1v) is 7.49. The maximum absolute atomic E-state index is 12.2. The number of carbonyl (C=O) groups is 1. The third kappa shape index (κ3) is 2.48. The number of anilines is 3. The van der Waals surface area contributed by atoms with Gasteiger partial charge in [-0.2, -0.15) is 0 Å². The Balaban J connectivity index is 1.94. The van der Waals surface area contributed by atoms with E-state index in [2.05, 4.69) is 20.6 Å². The van der Waals surface area contributed by atoms with E-state index < -0.39 is 6.10 Å². The Morgan fingerprint density at radius 1 is 1.50 bits per heavy atom. The molecular weight excluding hydrogens is 286 g/mol. The SMILES string of the molecule is CC(C)C(CO)Nc1ncnc2c1NC(=O)C1C[C@@H](O)CN21. The average Bonchev–Trinajstić information content (AvgIpc) is 2.87. The molecule has 8 nitrogen and oxygen atoms in total. The van der Waals surface area contributed by atoms with E-state index in [0.717, 1.165) is 0 Å². The molecular formula is C14H21N5O3. The molecule has 1 amide bonds. The van der Waals surface area contributed by atoms with Crippen molar-refractivity contribution in [3.8, 4) is 0 Å². The van der Waals surface area contributed by atoms with Crippen LogP contribution in [0.2, 0.25) is 0 Å². The summed E-state index contributed by atoms with van der Waals surface area (Å²) in [6.45, 7) is 4.34. The number of aromatic nitrogens is 2. The minimum Gasteiger partial charge on any atom is -0.394 e. The van der Waals surface area contributed by atoms with Gasteiger partial charge in [-0.05, 0) is 5.92 Å². The summed E-state index contributed by atoms with van der Waals surface area (Å²) < 4.78 is 0. The molecule has 0 bridgehead atoms. The molecule has 3 heterocycles. The highest BCUT2D eigenvalue weighted by Gasteiger charge is 2.42. The molecule has 0 saturated carbocycles. The fourth-order valence-corrected chi connectivity index (χ4v) is 2.92. The van der Waals surface area contributed by atoms with Crippen molar-refractivity contribution in [1.82, 2.24) is 9.97 Å². The molecule has 1 aromatic rings. The number of carbonyl (C=O) groups excluding carboxylic acids is 1. The van der Waals surface area contributed by atoms with Crippen molar-refractivity contribution in [1.29, 1.82) is 0 Å². The number of aliphatic hydroxyl groups is 2. The van der Waals surface area contributed by atoms with Crippen molar-refractivity contribution in [2.24, 2.45) is 5.92 Å². The second-order valence-electron chi connectivity index (χ2n) is 6.15. The van der Waals surface area contributed by atoms with Crippen LogP contribution in [0.1, 0.15) is 20.3 Å². The van der Waals surface area contributed by atoms with Crippen LogP contribution in [0.15, 0.2) is 6.33 Å². The molecule has 2 aliphatic rings. The van der Waals surface area contributed by atoms with Crippen LogP contribution >= 0.6 is 0 Å². The maximum Gasteiger partial charge on any atom is 0.247 e. The summed E-state index contributed by atoms with van der Waals surface area (Å²) in [5.41, 5.74) is 0.511. The second kappa shape index (κ2) is 5.69. The zero-order chi connectivity index (χ0) is 15.9. The van der Waals surface area contributed by atoms with E-state index in [-0.39, 0.29) is 30.5 Å². The fourth-order valence-electron chi connectivity index (χ4n) is 2.92. The normalized spacial score (nSPS) is 24.8. The van der Waals surface area contributed by atoms with E-state index in [4.69, 9.17) is 0 Å². The molecule has 2 aliphatic heterocycles. The van der Waals surface area contributed by atoms with E-state index >= 15 is 0 Å². The van der Waals surface area contributed by atoms with Gasteiger partial charge in [0.1, 0.15) is 18.1 Å². The molecule has 120 valence electrons. The number of aliphatic hydroxyl groups excluding tert-OH is 2. The first-order valence-electron chi connectivity index (χ1n) is 7.49. The third-order valence-electron chi connectivity index (χ3n) is 4.25. The quantitative estimate of drug-likeness (QED) is 0.609. The van der Waals surface area contributed by atoms with Crippen LogP contribution in [0.5, 0.6) is 0 Å². The maximum atomic E-state index is 12.2. The minimum atomic E-state index is -0.533. The van der Waals surface area contributed by atoms with Gasteiger partial charge in [-0.15, -0.1) is 0 Å². The number of nitrogens with one attached hydrogen (secondary N) is 2. The number of nitrogens with zero attached hydrogens (tertiary/aromatic N) is 3. The van der Waals surface area contributed by atoms with Crippen molar-refractivity contribution in [3.63, 3.8) is 0 Å². The van der Waals surface area contributed by atoms with Gasteiger partial charge >= 0.3 is 0 Å². The Morgan fingerprint density at radius 3 is 2.95 bits per heavy atom. The Labute approximate surface area is 128 Å². The predicted octanol–water partition coefficient (Wildman–Crippen LogP) is -0.203. The van der Waals surface area contributed by atoms with Gasteiger partial charge in [0, 0.05) is 13.0 Å². The Bertz CT molecular complexity index is 580. The first-order chi connectivity index (χ1) is 10.5. The number of amides is 1. The van der Waals surface area contributed by atoms with E-state index in [0.29, 0.717) is 30.3 Å². The van der Waals surface area contributed by atoms with Crippen LogP contribution in [-0.2, 0) is 4.79 Å². The molecule has 1 fully saturated rings. The zero-order valence-corrected chi connectivity index (χ0v) is 12.7. The van der Waals surface area contributed by atoms with Gasteiger partial charge < -0.3 is 25.7 Å². The second-order valence-corrected chi connectivity index (χ2v) is 6.15. The monoisotopic (exact) mass is 307 g/mol. The largest absolute Gasteiger partial charge is 0.394 e. The topological polar surface area (TPSA) is 111 Å².